The molecule has 10 nitrogen and oxygen atoms in total. The first-order chi connectivity index (χ1) is 12.4. The Balaban J connectivity index is 0.000000527. The molecule has 27 heavy (non-hydrogen) atoms. The fraction of sp³-hybridized carbons (Fsp3) is 0.429. The van der Waals surface area contributed by atoms with Crippen LogP contribution in [0.3, 0.4) is 0 Å². The molecule has 0 radical (unpaired) electrons. The molecule has 0 spiro atoms. The zero-order valence-corrected chi connectivity index (χ0v) is 16.7. The smallest absolute Gasteiger partial charge is 0.414 e. The molecular weight excluding hydrogens is 424 g/mol. The average molecular weight is 443 g/mol. The van der Waals surface area contributed by atoms with E-state index >= 15 is 0 Å². The zero-order valence-electron chi connectivity index (χ0n) is 14.3. The van der Waals surface area contributed by atoms with Crippen molar-refractivity contribution in [3.8, 4) is 0 Å². The van der Waals surface area contributed by atoms with Gasteiger partial charge in [0.25, 0.3) is 0 Å². The molecule has 1 aromatic rings. The van der Waals surface area contributed by atoms with Crippen LogP contribution >= 0.6 is 11.6 Å². The quantitative estimate of drug-likeness (QED) is 0.625. The lowest BCUT2D eigenvalue weighted by atomic mass is 10.4. The van der Waals surface area contributed by atoms with Crippen molar-refractivity contribution in [1.29, 1.82) is 0 Å². The summed E-state index contributed by atoms with van der Waals surface area (Å²) in [7, 11) is -6.87. The molecule has 0 bridgehead atoms. The highest BCUT2D eigenvalue weighted by atomic mass is 35.5. The van der Waals surface area contributed by atoms with Gasteiger partial charge in [-0.15, -0.1) is 0 Å². The van der Waals surface area contributed by atoms with Crippen molar-refractivity contribution in [2.45, 2.75) is 11.8 Å². The molecule has 0 saturated carbocycles. The van der Waals surface area contributed by atoms with Gasteiger partial charge in [0.15, 0.2) is 0 Å². The number of piperazine rings is 1. The summed E-state index contributed by atoms with van der Waals surface area (Å²) in [4.78, 5) is 18.4. The number of carboxylic acids is 2. The Bertz CT molecular complexity index is 864. The van der Waals surface area contributed by atoms with Crippen LogP contribution in [0.25, 0.3) is 0 Å². The van der Waals surface area contributed by atoms with Crippen molar-refractivity contribution >= 4 is 43.6 Å². The van der Waals surface area contributed by atoms with E-state index in [-0.39, 0.29) is 36.8 Å². The molecule has 0 aromatic heterocycles. The van der Waals surface area contributed by atoms with E-state index < -0.39 is 32.0 Å². The minimum atomic E-state index is -3.60. The highest BCUT2D eigenvalue weighted by Gasteiger charge is 2.32. The Morgan fingerprint density at radius 3 is 1.70 bits per heavy atom. The molecule has 0 atom stereocenters. The lowest BCUT2D eigenvalue weighted by Gasteiger charge is -2.33. The van der Waals surface area contributed by atoms with Gasteiger partial charge in [-0.25, -0.2) is 26.4 Å². The predicted octanol–water partition coefficient (Wildman–Crippen LogP) is 0.152. The molecular formula is C14H19ClN2O8S2. The second-order valence-corrected chi connectivity index (χ2v) is 9.90. The van der Waals surface area contributed by atoms with Crippen LogP contribution in [-0.2, 0) is 29.6 Å². The Kier molecular flexibility index (Phi) is 8.17. The normalized spacial score (nSPS) is 16.2. The summed E-state index contributed by atoms with van der Waals surface area (Å²) in [5, 5.41) is 15.2. The van der Waals surface area contributed by atoms with E-state index in [4.69, 9.17) is 31.4 Å². The molecule has 1 heterocycles. The van der Waals surface area contributed by atoms with E-state index in [0.29, 0.717) is 5.02 Å². The topological polar surface area (TPSA) is 149 Å². The fourth-order valence-corrected chi connectivity index (χ4v) is 4.76. The van der Waals surface area contributed by atoms with Crippen molar-refractivity contribution < 1.29 is 36.6 Å². The van der Waals surface area contributed by atoms with Crippen LogP contribution < -0.4 is 0 Å². The number of benzene rings is 1. The van der Waals surface area contributed by atoms with Crippen molar-refractivity contribution in [2.24, 2.45) is 0 Å². The minimum Gasteiger partial charge on any atom is -0.473 e. The minimum absolute atomic E-state index is 0.0247. The molecule has 1 aliphatic heterocycles. The van der Waals surface area contributed by atoms with Gasteiger partial charge in [-0.1, -0.05) is 11.6 Å². The molecule has 0 amide bonds. The predicted molar refractivity (Wildman–Crippen MR) is 96.5 cm³/mol. The monoisotopic (exact) mass is 442 g/mol. The summed E-state index contributed by atoms with van der Waals surface area (Å²) in [6.45, 7) is 2.26. The maximum absolute atomic E-state index is 12.4. The van der Waals surface area contributed by atoms with Gasteiger partial charge in [0, 0.05) is 31.2 Å². The molecule has 1 fully saturated rings. The van der Waals surface area contributed by atoms with Crippen LogP contribution in [0.1, 0.15) is 6.92 Å². The van der Waals surface area contributed by atoms with Crippen LogP contribution in [0.5, 0.6) is 0 Å². The number of hydrogen-bond acceptors (Lipinski definition) is 6. The Morgan fingerprint density at radius 2 is 1.33 bits per heavy atom. The largest absolute Gasteiger partial charge is 0.473 e. The van der Waals surface area contributed by atoms with Crippen molar-refractivity contribution in [1.82, 2.24) is 8.61 Å². The molecule has 13 heteroatoms. The van der Waals surface area contributed by atoms with Gasteiger partial charge >= 0.3 is 11.9 Å². The van der Waals surface area contributed by atoms with Gasteiger partial charge in [0.05, 0.1) is 10.6 Å². The van der Waals surface area contributed by atoms with E-state index in [1.54, 1.807) is 6.92 Å². The molecule has 2 N–H and O–H groups in total. The summed E-state index contributed by atoms with van der Waals surface area (Å²) < 4.78 is 51.0. The van der Waals surface area contributed by atoms with Gasteiger partial charge in [-0.05, 0) is 31.2 Å². The molecule has 152 valence electrons. The maximum atomic E-state index is 12.4. The molecule has 0 unspecified atom stereocenters. The number of aliphatic carboxylic acids is 2. The second kappa shape index (κ2) is 9.46. The van der Waals surface area contributed by atoms with Gasteiger partial charge in [0.1, 0.15) is 0 Å². The highest BCUT2D eigenvalue weighted by molar-refractivity contribution is 7.89. The number of rotatable bonds is 4. The van der Waals surface area contributed by atoms with E-state index in [9.17, 15) is 16.8 Å². The third-order valence-corrected chi connectivity index (χ3v) is 7.64. The van der Waals surface area contributed by atoms with Crippen LogP contribution in [0, 0.1) is 0 Å². The molecule has 2 rings (SSSR count). The maximum Gasteiger partial charge on any atom is 0.414 e. The third-order valence-electron chi connectivity index (χ3n) is 3.59. The summed E-state index contributed by atoms with van der Waals surface area (Å²) in [5.74, 6) is -3.62. The number of halogens is 1. The van der Waals surface area contributed by atoms with Gasteiger partial charge in [0.2, 0.25) is 20.0 Å². The average Bonchev–Trinajstić information content (AvgIpc) is 2.62. The molecule has 1 aromatic carbocycles. The Morgan fingerprint density at radius 1 is 0.926 bits per heavy atom. The van der Waals surface area contributed by atoms with E-state index in [1.165, 1.54) is 32.9 Å². The first-order valence-electron chi connectivity index (χ1n) is 7.61. The van der Waals surface area contributed by atoms with Crippen LogP contribution in [0.15, 0.2) is 29.2 Å². The first-order valence-corrected chi connectivity index (χ1v) is 11.0. The number of carboxylic acid groups (broad SMARTS) is 2. The summed E-state index contributed by atoms with van der Waals surface area (Å²) in [5.41, 5.74) is 0. The van der Waals surface area contributed by atoms with Crippen molar-refractivity contribution in [3.05, 3.63) is 29.3 Å². The summed E-state index contributed by atoms with van der Waals surface area (Å²) in [6.07, 6.45) is 0. The number of carbonyl (C=O) groups is 2. The van der Waals surface area contributed by atoms with Gasteiger partial charge < -0.3 is 10.2 Å². The van der Waals surface area contributed by atoms with E-state index in [1.807, 2.05) is 0 Å². The Hall–Kier alpha value is -1.73. The zero-order chi connectivity index (χ0) is 20.8. The van der Waals surface area contributed by atoms with Crippen LogP contribution in [0.4, 0.5) is 0 Å². The first kappa shape index (κ1) is 23.3. The van der Waals surface area contributed by atoms with Crippen LogP contribution in [-0.4, -0.2) is 79.5 Å². The Labute approximate surface area is 162 Å². The van der Waals surface area contributed by atoms with Gasteiger partial charge in [-0.2, -0.15) is 8.61 Å². The van der Waals surface area contributed by atoms with Crippen LogP contribution in [0.2, 0.25) is 5.02 Å². The fourth-order valence-electron chi connectivity index (χ4n) is 2.13. The van der Waals surface area contributed by atoms with E-state index in [2.05, 4.69) is 0 Å². The summed E-state index contributed by atoms with van der Waals surface area (Å²) >= 11 is 5.75. The summed E-state index contributed by atoms with van der Waals surface area (Å²) in [6, 6.07) is 5.94. The lowest BCUT2D eigenvalue weighted by Crippen LogP contribution is -2.50. The van der Waals surface area contributed by atoms with Gasteiger partial charge in [-0.3, -0.25) is 0 Å². The lowest BCUT2D eigenvalue weighted by molar-refractivity contribution is -0.159. The van der Waals surface area contributed by atoms with Crippen molar-refractivity contribution in [2.75, 3.05) is 31.9 Å². The third kappa shape index (κ3) is 6.43. The number of sulfonamides is 2. The van der Waals surface area contributed by atoms with E-state index in [0.717, 1.165) is 0 Å². The SMILES string of the molecule is CCS(=O)(=O)N1CCN(S(=O)(=O)c2ccc(Cl)cc2)CC1.O=C(O)C(=O)O. The standard InChI is InChI=1S/C12H17ClN2O4S2.C2H2O4/c1-2-20(16,17)14-7-9-15(10-8-14)21(18,19)12-5-3-11(13)4-6-12;3-1(4)2(5)6/h3-6H,2,7-10H2,1H3;(H,3,4)(H,5,6). The highest BCUT2D eigenvalue weighted by Crippen LogP contribution is 2.20. The molecule has 0 aliphatic carbocycles. The van der Waals surface area contributed by atoms with Crippen molar-refractivity contribution in [3.63, 3.8) is 0 Å². The second-order valence-electron chi connectivity index (χ2n) is 5.27. The number of nitrogens with zero attached hydrogens (tertiary/aromatic N) is 2. The molecule has 1 aliphatic rings. The molecule has 1 saturated heterocycles. The number of hydrogen-bond donors (Lipinski definition) is 2.